The highest BCUT2D eigenvalue weighted by Gasteiger charge is 2.19. The second kappa shape index (κ2) is 6.98. The fourth-order valence-corrected chi connectivity index (χ4v) is 4.53. The van der Waals surface area contributed by atoms with Crippen molar-refractivity contribution in [2.24, 2.45) is 0 Å². The van der Waals surface area contributed by atoms with Crippen LogP contribution in [-0.4, -0.2) is 18.4 Å². The van der Waals surface area contributed by atoms with Crippen molar-refractivity contribution in [2.45, 2.75) is 11.1 Å². The predicted octanol–water partition coefficient (Wildman–Crippen LogP) is 4.54. The molecule has 2 aromatic carbocycles. The molecule has 27 heavy (non-hydrogen) atoms. The summed E-state index contributed by atoms with van der Waals surface area (Å²) in [6.07, 6.45) is 0. The zero-order valence-electron chi connectivity index (χ0n) is 14.4. The highest BCUT2D eigenvalue weighted by atomic mass is 32.2. The molecule has 0 saturated carbocycles. The minimum atomic E-state index is -3.73. The van der Waals surface area contributed by atoms with Gasteiger partial charge < -0.3 is 5.32 Å². The highest BCUT2D eigenvalue weighted by molar-refractivity contribution is 7.94. The molecule has 2 heterocycles. The van der Waals surface area contributed by atoms with Gasteiger partial charge in [0.1, 0.15) is 4.21 Å². The predicted molar refractivity (Wildman–Crippen MR) is 109 cm³/mol. The maximum Gasteiger partial charge on any atom is 0.272 e. The first-order valence-corrected chi connectivity index (χ1v) is 10.5. The Bertz CT molecular complexity index is 1190. The summed E-state index contributed by atoms with van der Waals surface area (Å²) in [7, 11) is -3.73. The molecular formula is C19H16N4O2S2. The smallest absolute Gasteiger partial charge is 0.272 e. The number of nitrogens with one attached hydrogen (secondary N) is 2. The number of para-hydroxylation sites is 2. The molecule has 6 nitrogen and oxygen atoms in total. The zero-order chi connectivity index (χ0) is 18.9. The van der Waals surface area contributed by atoms with E-state index in [-0.39, 0.29) is 10.0 Å². The van der Waals surface area contributed by atoms with Crippen LogP contribution in [0.1, 0.15) is 5.56 Å². The molecule has 0 aliphatic carbocycles. The fourth-order valence-electron chi connectivity index (χ4n) is 2.53. The molecular weight excluding hydrogens is 380 g/mol. The number of sulfonamides is 1. The van der Waals surface area contributed by atoms with E-state index in [1.54, 1.807) is 23.6 Å². The molecule has 0 fully saturated rings. The third-order valence-electron chi connectivity index (χ3n) is 3.88. The number of hydrogen-bond acceptors (Lipinski definition) is 6. The van der Waals surface area contributed by atoms with E-state index >= 15 is 0 Å². The van der Waals surface area contributed by atoms with Crippen molar-refractivity contribution in [1.29, 1.82) is 0 Å². The Balaban J connectivity index is 1.78. The topological polar surface area (TPSA) is 84.0 Å². The number of rotatable bonds is 5. The number of anilines is 3. The number of benzene rings is 2. The first-order valence-electron chi connectivity index (χ1n) is 8.18. The van der Waals surface area contributed by atoms with Crippen molar-refractivity contribution >= 4 is 49.7 Å². The monoisotopic (exact) mass is 396 g/mol. The van der Waals surface area contributed by atoms with E-state index in [1.807, 2.05) is 49.4 Å². The van der Waals surface area contributed by atoms with E-state index in [9.17, 15) is 8.42 Å². The van der Waals surface area contributed by atoms with Crippen LogP contribution in [0.15, 0.2) is 70.3 Å². The number of aromatic nitrogens is 2. The molecule has 0 saturated heterocycles. The molecule has 0 atom stereocenters. The lowest BCUT2D eigenvalue weighted by Gasteiger charge is -2.13. The minimum absolute atomic E-state index is 0.155. The molecule has 8 heteroatoms. The summed E-state index contributed by atoms with van der Waals surface area (Å²) in [5, 5.41) is 4.88. The van der Waals surface area contributed by atoms with E-state index in [2.05, 4.69) is 20.0 Å². The molecule has 0 spiro atoms. The van der Waals surface area contributed by atoms with Crippen molar-refractivity contribution in [3.63, 3.8) is 0 Å². The van der Waals surface area contributed by atoms with Crippen molar-refractivity contribution in [1.82, 2.24) is 9.97 Å². The molecule has 4 rings (SSSR count). The van der Waals surface area contributed by atoms with E-state index in [4.69, 9.17) is 0 Å². The van der Waals surface area contributed by atoms with Gasteiger partial charge in [0.05, 0.1) is 11.0 Å². The zero-order valence-corrected chi connectivity index (χ0v) is 16.0. The van der Waals surface area contributed by atoms with E-state index < -0.39 is 10.0 Å². The quantitative estimate of drug-likeness (QED) is 0.517. The summed E-state index contributed by atoms with van der Waals surface area (Å²) in [5.41, 5.74) is 3.20. The molecule has 0 unspecified atom stereocenters. The first-order chi connectivity index (χ1) is 13.0. The normalized spacial score (nSPS) is 11.4. The van der Waals surface area contributed by atoms with E-state index in [0.29, 0.717) is 16.9 Å². The third kappa shape index (κ3) is 3.76. The van der Waals surface area contributed by atoms with E-state index in [1.165, 1.54) is 0 Å². The Labute approximate surface area is 161 Å². The van der Waals surface area contributed by atoms with Crippen molar-refractivity contribution < 1.29 is 8.42 Å². The third-order valence-corrected chi connectivity index (χ3v) is 6.61. The van der Waals surface area contributed by atoms with Gasteiger partial charge in [-0.05, 0) is 42.6 Å². The second-order valence-corrected chi connectivity index (χ2v) is 8.80. The Morgan fingerprint density at radius 2 is 1.52 bits per heavy atom. The minimum Gasteiger partial charge on any atom is -0.337 e. The van der Waals surface area contributed by atoms with Gasteiger partial charge in [-0.2, -0.15) is 0 Å². The number of thiophene rings is 1. The molecule has 2 N–H and O–H groups in total. The average Bonchev–Trinajstić information content (AvgIpc) is 3.19. The van der Waals surface area contributed by atoms with Crippen LogP contribution in [0.2, 0.25) is 0 Å². The fraction of sp³-hybridized carbons (Fsp3) is 0.0526. The number of fused-ring (bicyclic) bond motifs is 1. The van der Waals surface area contributed by atoms with Gasteiger partial charge in [0.25, 0.3) is 10.0 Å². The van der Waals surface area contributed by atoms with Crippen molar-refractivity contribution in [3.8, 4) is 0 Å². The van der Waals surface area contributed by atoms with Crippen LogP contribution in [0.3, 0.4) is 0 Å². The lowest BCUT2D eigenvalue weighted by Crippen LogP contribution is -2.15. The summed E-state index contributed by atoms with van der Waals surface area (Å²) in [5.74, 6) is 0.500. The van der Waals surface area contributed by atoms with Gasteiger partial charge in [0.2, 0.25) is 0 Å². The van der Waals surface area contributed by atoms with Crippen LogP contribution in [0, 0.1) is 6.92 Å². The molecule has 2 aromatic heterocycles. The lowest BCUT2D eigenvalue weighted by molar-refractivity contribution is 0.603. The van der Waals surface area contributed by atoms with Crippen LogP contribution >= 0.6 is 11.3 Å². The molecule has 0 aliphatic heterocycles. The summed E-state index contributed by atoms with van der Waals surface area (Å²) >= 11 is 1.15. The lowest BCUT2D eigenvalue weighted by atomic mass is 10.2. The summed E-state index contributed by atoms with van der Waals surface area (Å²) < 4.78 is 28.1. The summed E-state index contributed by atoms with van der Waals surface area (Å²) in [6, 6.07) is 18.3. The molecule has 0 aliphatic rings. The largest absolute Gasteiger partial charge is 0.337 e. The Kier molecular flexibility index (Phi) is 4.51. The second-order valence-electron chi connectivity index (χ2n) is 5.94. The standard InChI is InChI=1S/C19H16N4O2S2/c1-13-8-10-14(11-9-13)20-18-19(22-16-6-3-2-5-15(16)21-18)23-27(24,25)17-7-4-12-26-17/h2-12H,1H3,(H,20,21)(H,22,23). The number of nitrogens with zero attached hydrogens (tertiary/aromatic N) is 2. The van der Waals surface area contributed by atoms with Crippen LogP contribution in [0.25, 0.3) is 11.0 Å². The van der Waals surface area contributed by atoms with Gasteiger partial charge in [-0.25, -0.2) is 18.4 Å². The van der Waals surface area contributed by atoms with Crippen LogP contribution in [-0.2, 0) is 10.0 Å². The van der Waals surface area contributed by atoms with Crippen LogP contribution in [0.4, 0.5) is 17.3 Å². The molecule has 0 amide bonds. The van der Waals surface area contributed by atoms with Gasteiger partial charge >= 0.3 is 0 Å². The maximum absolute atomic E-state index is 12.7. The number of aryl methyl sites for hydroxylation is 1. The van der Waals surface area contributed by atoms with Gasteiger partial charge in [0, 0.05) is 5.69 Å². The van der Waals surface area contributed by atoms with Crippen LogP contribution in [0.5, 0.6) is 0 Å². The summed E-state index contributed by atoms with van der Waals surface area (Å²) in [4.78, 5) is 9.03. The summed E-state index contributed by atoms with van der Waals surface area (Å²) in [6.45, 7) is 2.00. The number of hydrogen-bond donors (Lipinski definition) is 2. The Morgan fingerprint density at radius 3 is 2.15 bits per heavy atom. The molecule has 4 aromatic rings. The van der Waals surface area contributed by atoms with Crippen molar-refractivity contribution in [2.75, 3.05) is 10.0 Å². The average molecular weight is 396 g/mol. The molecule has 0 radical (unpaired) electrons. The highest BCUT2D eigenvalue weighted by Crippen LogP contribution is 2.28. The molecule has 0 bridgehead atoms. The maximum atomic E-state index is 12.7. The SMILES string of the molecule is Cc1ccc(Nc2nc3ccccc3nc2NS(=O)(=O)c2cccs2)cc1. The van der Waals surface area contributed by atoms with Crippen molar-refractivity contribution in [3.05, 3.63) is 71.6 Å². The first kappa shape index (κ1) is 17.4. The van der Waals surface area contributed by atoms with Gasteiger partial charge in [-0.1, -0.05) is 35.9 Å². The van der Waals surface area contributed by atoms with Gasteiger partial charge in [-0.15, -0.1) is 11.3 Å². The van der Waals surface area contributed by atoms with Crippen LogP contribution < -0.4 is 10.0 Å². The Hall–Kier alpha value is -2.97. The van der Waals surface area contributed by atoms with Gasteiger partial charge in [0.15, 0.2) is 11.6 Å². The molecule has 136 valence electrons. The van der Waals surface area contributed by atoms with E-state index in [0.717, 1.165) is 22.6 Å². The van der Waals surface area contributed by atoms with Gasteiger partial charge in [-0.3, -0.25) is 4.72 Å². The Morgan fingerprint density at radius 1 is 0.852 bits per heavy atom.